The number of nitrogens with one attached hydrogen (secondary N) is 1. The van der Waals surface area contributed by atoms with Crippen LogP contribution in [0.3, 0.4) is 0 Å². The lowest BCUT2D eigenvalue weighted by Gasteiger charge is -2.29. The molecule has 2 fully saturated rings. The first-order valence-corrected chi connectivity index (χ1v) is 15.0. The number of anilines is 1. The predicted molar refractivity (Wildman–Crippen MR) is 160 cm³/mol. The molecular weight excluding hydrogens is 577 g/mol. The number of carbonyl (C=O) groups excluding carboxylic acids is 3. The van der Waals surface area contributed by atoms with Crippen LogP contribution in [0.5, 0.6) is 0 Å². The standard InChI is InChI=1S/C32H37ClFN3O6/c1-36-17-26(25-7-3-4-8-30(25)36)31(39)35-29-16-28(34)21(15-27(29)33)14-23(38)19-43-37-13-5-6-22(37)18-42-24-11-9-20(10-12-24)32(40)41-2/h3-4,7-8,15-17,20,22,24H,5-6,9-14,18-19H2,1-2H3,(H,35,39)/t20?,22-,24?/m1/s1. The number of aryl methyl sites for hydroxylation is 1. The summed E-state index contributed by atoms with van der Waals surface area (Å²) in [6, 6.07) is 10.0. The van der Waals surface area contributed by atoms with Gasteiger partial charge in [-0.3, -0.25) is 19.2 Å². The van der Waals surface area contributed by atoms with Crippen LogP contribution in [0.25, 0.3) is 10.9 Å². The number of ketones is 1. The molecule has 1 aromatic heterocycles. The van der Waals surface area contributed by atoms with Gasteiger partial charge in [0, 0.05) is 37.1 Å². The number of Topliss-reactive ketones (excluding diaryl/α,β-unsaturated/α-hetero) is 1. The third-order valence-electron chi connectivity index (χ3n) is 8.36. The molecule has 1 aliphatic carbocycles. The quantitative estimate of drug-likeness (QED) is 0.286. The molecule has 0 bridgehead atoms. The number of hydrogen-bond donors (Lipinski definition) is 1. The zero-order chi connectivity index (χ0) is 30.5. The Hall–Kier alpha value is -3.31. The van der Waals surface area contributed by atoms with Crippen LogP contribution in [-0.2, 0) is 37.4 Å². The van der Waals surface area contributed by atoms with Crippen LogP contribution in [0.1, 0.15) is 54.4 Å². The lowest BCUT2D eigenvalue weighted by molar-refractivity contribution is -0.186. The number of para-hydroxylation sites is 1. The molecule has 1 amide bonds. The first-order valence-electron chi connectivity index (χ1n) is 14.7. The lowest BCUT2D eigenvalue weighted by Crippen LogP contribution is -2.37. The Morgan fingerprint density at radius 1 is 1.09 bits per heavy atom. The van der Waals surface area contributed by atoms with E-state index in [2.05, 4.69) is 5.32 Å². The van der Waals surface area contributed by atoms with Gasteiger partial charge in [0.2, 0.25) is 0 Å². The monoisotopic (exact) mass is 613 g/mol. The largest absolute Gasteiger partial charge is 0.469 e. The Morgan fingerprint density at radius 3 is 2.63 bits per heavy atom. The van der Waals surface area contributed by atoms with Gasteiger partial charge in [-0.2, -0.15) is 5.06 Å². The highest BCUT2D eigenvalue weighted by Crippen LogP contribution is 2.30. The molecule has 43 heavy (non-hydrogen) atoms. The van der Waals surface area contributed by atoms with Gasteiger partial charge in [-0.05, 0) is 62.3 Å². The van der Waals surface area contributed by atoms with E-state index in [1.54, 1.807) is 11.3 Å². The highest BCUT2D eigenvalue weighted by Gasteiger charge is 2.31. The van der Waals surface area contributed by atoms with Crippen molar-refractivity contribution in [1.29, 1.82) is 0 Å². The number of halogens is 2. The van der Waals surface area contributed by atoms with Crippen LogP contribution in [0, 0.1) is 11.7 Å². The third-order valence-corrected chi connectivity index (χ3v) is 8.67. The van der Waals surface area contributed by atoms with Gasteiger partial charge in [-0.25, -0.2) is 4.39 Å². The van der Waals surface area contributed by atoms with Crippen LogP contribution in [0.4, 0.5) is 10.1 Å². The zero-order valence-electron chi connectivity index (χ0n) is 24.4. The summed E-state index contributed by atoms with van der Waals surface area (Å²) < 4.78 is 27.8. The van der Waals surface area contributed by atoms with Gasteiger partial charge >= 0.3 is 5.97 Å². The molecule has 2 heterocycles. The maximum absolute atomic E-state index is 15.0. The Kier molecular flexibility index (Phi) is 10.1. The first-order chi connectivity index (χ1) is 20.7. The predicted octanol–water partition coefficient (Wildman–Crippen LogP) is 5.48. The van der Waals surface area contributed by atoms with E-state index in [9.17, 15) is 14.4 Å². The molecule has 1 saturated heterocycles. The fraction of sp³-hybridized carbons (Fsp3) is 0.469. The Morgan fingerprint density at radius 2 is 1.86 bits per heavy atom. The van der Waals surface area contributed by atoms with Crippen molar-refractivity contribution in [3.05, 3.63) is 64.6 Å². The number of hydroxylamine groups is 2. The van der Waals surface area contributed by atoms with Gasteiger partial charge in [-0.15, -0.1) is 0 Å². The molecule has 2 aliphatic rings. The first kappa shape index (κ1) is 31.1. The van der Waals surface area contributed by atoms with Gasteiger partial charge in [0.25, 0.3) is 5.91 Å². The van der Waals surface area contributed by atoms with Crippen LogP contribution in [0.2, 0.25) is 5.02 Å². The molecule has 230 valence electrons. The maximum Gasteiger partial charge on any atom is 0.308 e. The number of ether oxygens (including phenoxy) is 2. The van der Waals surface area contributed by atoms with E-state index in [0.717, 1.165) is 55.5 Å². The number of fused-ring (bicyclic) bond motifs is 1. The summed E-state index contributed by atoms with van der Waals surface area (Å²) in [4.78, 5) is 43.3. The summed E-state index contributed by atoms with van der Waals surface area (Å²) in [5, 5.41) is 5.39. The molecule has 0 spiro atoms. The minimum Gasteiger partial charge on any atom is -0.469 e. The van der Waals surface area contributed by atoms with E-state index in [0.29, 0.717) is 18.7 Å². The number of aromatic nitrogens is 1. The van der Waals surface area contributed by atoms with Crippen molar-refractivity contribution in [2.24, 2.45) is 13.0 Å². The lowest BCUT2D eigenvalue weighted by atomic mass is 9.87. The second-order valence-electron chi connectivity index (χ2n) is 11.3. The third kappa shape index (κ3) is 7.44. The highest BCUT2D eigenvalue weighted by molar-refractivity contribution is 6.34. The van der Waals surface area contributed by atoms with Crippen molar-refractivity contribution in [1.82, 2.24) is 9.63 Å². The zero-order valence-corrected chi connectivity index (χ0v) is 25.2. The van der Waals surface area contributed by atoms with E-state index in [4.69, 9.17) is 25.9 Å². The van der Waals surface area contributed by atoms with Gasteiger partial charge in [0.15, 0.2) is 5.78 Å². The molecule has 0 unspecified atom stereocenters. The van der Waals surface area contributed by atoms with E-state index >= 15 is 4.39 Å². The number of methoxy groups -OCH3 is 1. The van der Waals surface area contributed by atoms with Crippen LogP contribution in [-0.4, -0.2) is 66.3 Å². The molecule has 0 radical (unpaired) electrons. The summed E-state index contributed by atoms with van der Waals surface area (Å²) in [6.07, 6.45) is 6.57. The van der Waals surface area contributed by atoms with E-state index in [-0.39, 0.29) is 59.1 Å². The Balaban J connectivity index is 1.10. The fourth-order valence-corrected chi connectivity index (χ4v) is 6.21. The molecule has 2 aromatic carbocycles. The van der Waals surface area contributed by atoms with Crippen molar-refractivity contribution < 1.29 is 33.1 Å². The molecule has 1 saturated carbocycles. The molecule has 1 atom stereocenters. The van der Waals surface area contributed by atoms with Gasteiger partial charge in [-0.1, -0.05) is 29.8 Å². The Bertz CT molecular complexity index is 1490. The van der Waals surface area contributed by atoms with Crippen LogP contribution >= 0.6 is 11.6 Å². The van der Waals surface area contributed by atoms with Crippen LogP contribution in [0.15, 0.2) is 42.6 Å². The minimum absolute atomic E-state index is 0.0296. The molecule has 1 aliphatic heterocycles. The number of amides is 1. The SMILES string of the molecule is COC(=O)C1CCC(OC[C@H]2CCCN2OCC(=O)Cc2cc(Cl)c(NC(=O)c3cn(C)c4ccccc34)cc2F)CC1. The molecule has 5 rings (SSSR count). The summed E-state index contributed by atoms with van der Waals surface area (Å²) >= 11 is 6.40. The summed E-state index contributed by atoms with van der Waals surface area (Å²) in [7, 11) is 3.27. The molecule has 3 aromatic rings. The second-order valence-corrected chi connectivity index (χ2v) is 11.7. The normalized spacial score (nSPS) is 20.8. The van der Waals surface area contributed by atoms with Crippen molar-refractivity contribution in [3.63, 3.8) is 0 Å². The van der Waals surface area contributed by atoms with Gasteiger partial charge < -0.3 is 19.4 Å². The van der Waals surface area contributed by atoms with Gasteiger partial charge in [0.05, 0.1) is 48.1 Å². The topological polar surface area (TPSA) is 99.1 Å². The van der Waals surface area contributed by atoms with E-state index in [1.165, 1.54) is 13.2 Å². The number of benzene rings is 2. The maximum atomic E-state index is 15.0. The summed E-state index contributed by atoms with van der Waals surface area (Å²) in [5.74, 6) is -1.55. The molecular formula is C32H37ClFN3O6. The summed E-state index contributed by atoms with van der Waals surface area (Å²) in [6.45, 7) is 0.969. The summed E-state index contributed by atoms with van der Waals surface area (Å²) in [5.41, 5.74) is 1.60. The fourth-order valence-electron chi connectivity index (χ4n) is 5.97. The number of hydrogen-bond acceptors (Lipinski definition) is 7. The highest BCUT2D eigenvalue weighted by atomic mass is 35.5. The average molecular weight is 614 g/mol. The van der Waals surface area contributed by atoms with Crippen molar-refractivity contribution in [2.45, 2.75) is 57.1 Å². The smallest absolute Gasteiger partial charge is 0.308 e. The molecule has 1 N–H and O–H groups in total. The van der Waals surface area contributed by atoms with Gasteiger partial charge in [0.1, 0.15) is 12.4 Å². The minimum atomic E-state index is -0.639. The van der Waals surface area contributed by atoms with E-state index in [1.807, 2.05) is 35.9 Å². The van der Waals surface area contributed by atoms with Crippen molar-refractivity contribution in [2.75, 3.05) is 32.2 Å². The second kappa shape index (κ2) is 14.0. The molecule has 9 nitrogen and oxygen atoms in total. The number of esters is 1. The Labute approximate surface area is 255 Å². The number of carbonyl (C=O) groups is 3. The van der Waals surface area contributed by atoms with Crippen molar-refractivity contribution in [3.8, 4) is 0 Å². The molecule has 11 heteroatoms. The number of rotatable bonds is 11. The van der Waals surface area contributed by atoms with Crippen LogP contribution < -0.4 is 5.32 Å². The van der Waals surface area contributed by atoms with E-state index < -0.39 is 11.7 Å². The average Bonchev–Trinajstić information content (AvgIpc) is 3.61. The van der Waals surface area contributed by atoms with Crippen molar-refractivity contribution >= 4 is 45.9 Å². The number of nitrogens with zero attached hydrogens (tertiary/aromatic N) is 2.